The highest BCUT2D eigenvalue weighted by Gasteiger charge is 2.20. The summed E-state index contributed by atoms with van der Waals surface area (Å²) in [6.07, 6.45) is 0.501. The van der Waals surface area contributed by atoms with Gasteiger partial charge in [-0.1, -0.05) is 30.7 Å². The Morgan fingerprint density at radius 3 is 2.54 bits per heavy atom. The van der Waals surface area contributed by atoms with Crippen LogP contribution in [0.1, 0.15) is 13.3 Å². The van der Waals surface area contributed by atoms with Crippen LogP contribution in [0.2, 0.25) is 5.02 Å². The van der Waals surface area contributed by atoms with E-state index in [2.05, 4.69) is 9.71 Å². The standard InChI is InChI=1S/C16H15ClN2O4S3/c1-2-9-25(20,21)16-18-13-8-7-11(10-14(13)24-16)19-26(22,23)15-6-4-3-5-12(15)17/h3-8,10,19H,2,9H2,1H3. The Bertz CT molecular complexity index is 1170. The highest BCUT2D eigenvalue weighted by atomic mass is 35.5. The zero-order valence-corrected chi connectivity index (χ0v) is 16.8. The fourth-order valence-corrected chi connectivity index (χ4v) is 6.61. The largest absolute Gasteiger partial charge is 0.280 e. The van der Waals surface area contributed by atoms with Crippen molar-refractivity contribution in [2.75, 3.05) is 10.5 Å². The summed E-state index contributed by atoms with van der Waals surface area (Å²) in [5.41, 5.74) is 0.811. The van der Waals surface area contributed by atoms with Crippen molar-refractivity contribution < 1.29 is 16.8 Å². The summed E-state index contributed by atoms with van der Waals surface area (Å²) in [5, 5.41) is 0.117. The molecule has 0 aliphatic carbocycles. The molecule has 0 saturated heterocycles. The van der Waals surface area contributed by atoms with Crippen LogP contribution in [0.3, 0.4) is 0 Å². The second kappa shape index (κ2) is 7.15. The summed E-state index contributed by atoms with van der Waals surface area (Å²) in [5.74, 6) is 0.0266. The molecule has 1 N–H and O–H groups in total. The summed E-state index contributed by atoms with van der Waals surface area (Å²) in [6, 6.07) is 10.8. The van der Waals surface area contributed by atoms with E-state index in [1.165, 1.54) is 18.2 Å². The fourth-order valence-electron chi connectivity index (χ4n) is 2.33. The topological polar surface area (TPSA) is 93.2 Å². The number of nitrogens with one attached hydrogen (secondary N) is 1. The molecule has 1 heterocycles. The molecule has 1 aromatic heterocycles. The molecule has 0 fully saturated rings. The number of sulfonamides is 1. The van der Waals surface area contributed by atoms with E-state index in [4.69, 9.17) is 11.6 Å². The van der Waals surface area contributed by atoms with E-state index in [0.29, 0.717) is 22.3 Å². The maximum Gasteiger partial charge on any atom is 0.263 e. The summed E-state index contributed by atoms with van der Waals surface area (Å²) in [6.45, 7) is 1.78. The van der Waals surface area contributed by atoms with Crippen LogP contribution < -0.4 is 4.72 Å². The molecule has 0 aliphatic heterocycles. The number of benzene rings is 2. The highest BCUT2D eigenvalue weighted by molar-refractivity contribution is 7.93. The minimum Gasteiger partial charge on any atom is -0.280 e. The van der Waals surface area contributed by atoms with Gasteiger partial charge in [-0.2, -0.15) is 0 Å². The fraction of sp³-hybridized carbons (Fsp3) is 0.188. The minimum atomic E-state index is -3.86. The van der Waals surface area contributed by atoms with Gasteiger partial charge in [-0.15, -0.1) is 11.3 Å². The molecule has 0 unspecified atom stereocenters. The molecule has 0 saturated carbocycles. The summed E-state index contributed by atoms with van der Waals surface area (Å²) in [7, 11) is -7.28. The number of fused-ring (bicyclic) bond motifs is 1. The molecule has 0 spiro atoms. The van der Waals surface area contributed by atoms with Gasteiger partial charge in [-0.05, 0) is 36.8 Å². The first-order valence-electron chi connectivity index (χ1n) is 7.63. The maximum absolute atomic E-state index is 12.5. The van der Waals surface area contributed by atoms with E-state index in [1.54, 1.807) is 31.2 Å². The molecule has 138 valence electrons. The Labute approximate surface area is 160 Å². The van der Waals surface area contributed by atoms with Crippen LogP contribution in [0.25, 0.3) is 10.2 Å². The van der Waals surface area contributed by atoms with Crippen molar-refractivity contribution in [3.05, 3.63) is 47.5 Å². The van der Waals surface area contributed by atoms with Crippen LogP contribution in [0.5, 0.6) is 0 Å². The molecule has 2 aromatic carbocycles. The van der Waals surface area contributed by atoms with Gasteiger partial charge in [0.2, 0.25) is 14.2 Å². The molecule has 0 bridgehead atoms. The second-order valence-electron chi connectivity index (χ2n) is 5.52. The smallest absolute Gasteiger partial charge is 0.263 e. The Hall–Kier alpha value is -1.68. The molecule has 10 heteroatoms. The number of halogens is 1. The van der Waals surface area contributed by atoms with Crippen LogP contribution in [0.4, 0.5) is 5.69 Å². The predicted molar refractivity (Wildman–Crippen MR) is 104 cm³/mol. The van der Waals surface area contributed by atoms with Gasteiger partial charge in [0, 0.05) is 0 Å². The van der Waals surface area contributed by atoms with Gasteiger partial charge in [0.15, 0.2) is 0 Å². The van der Waals surface area contributed by atoms with Crippen LogP contribution in [-0.4, -0.2) is 27.6 Å². The first-order chi connectivity index (χ1) is 12.2. The lowest BCUT2D eigenvalue weighted by Gasteiger charge is -2.09. The van der Waals surface area contributed by atoms with E-state index in [-0.39, 0.29) is 20.0 Å². The third-order valence-corrected chi connectivity index (χ3v) is 8.76. The Balaban J connectivity index is 1.96. The van der Waals surface area contributed by atoms with Gasteiger partial charge in [-0.25, -0.2) is 21.8 Å². The quantitative estimate of drug-likeness (QED) is 0.639. The third kappa shape index (κ3) is 3.85. The number of anilines is 1. The monoisotopic (exact) mass is 430 g/mol. The molecular formula is C16H15ClN2O4S3. The van der Waals surface area contributed by atoms with Crippen LogP contribution in [0.15, 0.2) is 51.7 Å². The molecular weight excluding hydrogens is 416 g/mol. The van der Waals surface area contributed by atoms with Crippen LogP contribution in [-0.2, 0) is 19.9 Å². The average molecular weight is 431 g/mol. The van der Waals surface area contributed by atoms with Gasteiger partial charge in [0.05, 0.1) is 26.7 Å². The predicted octanol–water partition coefficient (Wildman–Crippen LogP) is 3.93. The Morgan fingerprint density at radius 2 is 1.85 bits per heavy atom. The van der Waals surface area contributed by atoms with Crippen LogP contribution >= 0.6 is 22.9 Å². The highest BCUT2D eigenvalue weighted by Crippen LogP contribution is 2.30. The van der Waals surface area contributed by atoms with E-state index in [9.17, 15) is 16.8 Å². The van der Waals surface area contributed by atoms with Crippen molar-refractivity contribution in [3.63, 3.8) is 0 Å². The molecule has 0 aliphatic rings. The lowest BCUT2D eigenvalue weighted by Crippen LogP contribution is -2.13. The molecule has 3 rings (SSSR count). The summed E-state index contributed by atoms with van der Waals surface area (Å²) in [4.78, 5) is 4.11. The Kier molecular flexibility index (Phi) is 5.25. The first-order valence-corrected chi connectivity index (χ1v) is 12.0. The lowest BCUT2D eigenvalue weighted by atomic mass is 10.3. The number of aromatic nitrogens is 1. The zero-order chi connectivity index (χ0) is 18.9. The average Bonchev–Trinajstić information content (AvgIpc) is 2.99. The van der Waals surface area contributed by atoms with E-state index in [0.717, 1.165) is 11.3 Å². The van der Waals surface area contributed by atoms with Crippen molar-refractivity contribution in [1.29, 1.82) is 0 Å². The van der Waals surface area contributed by atoms with Crippen molar-refractivity contribution in [1.82, 2.24) is 4.98 Å². The molecule has 26 heavy (non-hydrogen) atoms. The van der Waals surface area contributed by atoms with Gasteiger partial charge < -0.3 is 0 Å². The van der Waals surface area contributed by atoms with Crippen molar-refractivity contribution >= 4 is 58.7 Å². The van der Waals surface area contributed by atoms with E-state index in [1.807, 2.05) is 0 Å². The van der Waals surface area contributed by atoms with E-state index >= 15 is 0 Å². The summed E-state index contributed by atoms with van der Waals surface area (Å²) >= 11 is 6.98. The van der Waals surface area contributed by atoms with E-state index < -0.39 is 19.9 Å². The number of rotatable bonds is 6. The number of sulfone groups is 1. The molecule has 0 amide bonds. The third-order valence-electron chi connectivity index (χ3n) is 3.49. The SMILES string of the molecule is CCCS(=O)(=O)c1nc2ccc(NS(=O)(=O)c3ccccc3Cl)cc2s1. The number of hydrogen-bond donors (Lipinski definition) is 1. The number of nitrogens with zero attached hydrogens (tertiary/aromatic N) is 1. The lowest BCUT2D eigenvalue weighted by molar-refractivity contribution is 0.594. The maximum atomic E-state index is 12.5. The Morgan fingerprint density at radius 1 is 1.12 bits per heavy atom. The molecule has 0 radical (unpaired) electrons. The molecule has 3 aromatic rings. The van der Waals surface area contributed by atoms with Gasteiger partial charge in [0.25, 0.3) is 10.0 Å². The number of hydrogen-bond acceptors (Lipinski definition) is 6. The van der Waals surface area contributed by atoms with Crippen LogP contribution in [0, 0.1) is 0 Å². The minimum absolute atomic E-state index is 0.0266. The number of thiazole rings is 1. The normalized spacial score (nSPS) is 12.4. The second-order valence-corrected chi connectivity index (χ2v) is 10.9. The van der Waals surface area contributed by atoms with Crippen molar-refractivity contribution in [3.8, 4) is 0 Å². The van der Waals surface area contributed by atoms with Gasteiger partial charge >= 0.3 is 0 Å². The van der Waals surface area contributed by atoms with Gasteiger partial charge in [0.1, 0.15) is 4.90 Å². The first kappa shape index (κ1) is 19.1. The molecule has 6 nitrogen and oxygen atoms in total. The summed E-state index contributed by atoms with van der Waals surface area (Å²) < 4.78 is 52.4. The zero-order valence-electron chi connectivity index (χ0n) is 13.6. The van der Waals surface area contributed by atoms with Gasteiger partial charge in [-0.3, -0.25) is 4.72 Å². The van der Waals surface area contributed by atoms with Crippen molar-refractivity contribution in [2.45, 2.75) is 22.6 Å². The molecule has 0 atom stereocenters. The van der Waals surface area contributed by atoms with Crippen molar-refractivity contribution in [2.24, 2.45) is 0 Å².